The third kappa shape index (κ3) is 4.51. The van der Waals surface area contributed by atoms with E-state index in [1.165, 1.54) is 5.56 Å². The van der Waals surface area contributed by atoms with Crippen molar-refractivity contribution < 1.29 is 0 Å². The van der Waals surface area contributed by atoms with E-state index in [9.17, 15) is 0 Å². The van der Waals surface area contributed by atoms with Crippen molar-refractivity contribution in [3.8, 4) is 0 Å². The van der Waals surface area contributed by atoms with Gasteiger partial charge in [-0.15, -0.1) is 0 Å². The lowest BCUT2D eigenvalue weighted by atomic mass is 10.1. The summed E-state index contributed by atoms with van der Waals surface area (Å²) in [5.41, 5.74) is 1.36. The fraction of sp³-hybridized carbons (Fsp3) is 0.267. The Labute approximate surface area is 127 Å². The molecule has 0 aliphatic rings. The fourth-order valence-corrected chi connectivity index (χ4v) is 2.61. The van der Waals surface area contributed by atoms with Crippen LogP contribution >= 0.6 is 27.5 Å². The molecular formula is C15H16BrClN2. The third-order valence-corrected chi connectivity index (χ3v) is 3.71. The minimum Gasteiger partial charge on any atom is -0.367 e. The molecule has 1 aromatic carbocycles. The first-order valence-corrected chi connectivity index (χ1v) is 7.44. The van der Waals surface area contributed by atoms with Crippen LogP contribution in [-0.4, -0.2) is 11.0 Å². The molecule has 1 aromatic heterocycles. The van der Waals surface area contributed by atoms with Crippen LogP contribution in [0.1, 0.15) is 18.9 Å². The molecule has 0 aliphatic heterocycles. The first-order valence-electron chi connectivity index (χ1n) is 6.26. The standard InChI is InChI=1S/C15H16BrClN2/c1-11(7-8-12-5-3-2-4-6-12)19-15-14(16)9-13(17)10-18-15/h2-6,9-11H,7-8H2,1H3,(H,18,19). The highest BCUT2D eigenvalue weighted by Crippen LogP contribution is 2.24. The number of aryl methyl sites for hydroxylation is 1. The van der Waals surface area contributed by atoms with Gasteiger partial charge in [0.15, 0.2) is 0 Å². The van der Waals surface area contributed by atoms with Gasteiger partial charge in [0.2, 0.25) is 0 Å². The van der Waals surface area contributed by atoms with Crippen molar-refractivity contribution in [3.05, 3.63) is 57.7 Å². The van der Waals surface area contributed by atoms with Gasteiger partial charge in [0.05, 0.1) is 9.50 Å². The molecule has 4 heteroatoms. The Hall–Kier alpha value is -1.06. The Bertz CT molecular complexity index is 531. The van der Waals surface area contributed by atoms with Gasteiger partial charge >= 0.3 is 0 Å². The van der Waals surface area contributed by atoms with Crippen LogP contribution in [0.5, 0.6) is 0 Å². The maximum atomic E-state index is 5.87. The highest BCUT2D eigenvalue weighted by atomic mass is 79.9. The number of hydrogen-bond acceptors (Lipinski definition) is 2. The molecule has 1 heterocycles. The lowest BCUT2D eigenvalue weighted by molar-refractivity contribution is 0.702. The van der Waals surface area contributed by atoms with Gasteiger partial charge < -0.3 is 5.32 Å². The number of anilines is 1. The molecule has 0 aliphatic carbocycles. The molecule has 19 heavy (non-hydrogen) atoms. The smallest absolute Gasteiger partial charge is 0.140 e. The quantitative estimate of drug-likeness (QED) is 0.835. The summed E-state index contributed by atoms with van der Waals surface area (Å²) < 4.78 is 0.895. The van der Waals surface area contributed by atoms with Crippen LogP contribution in [0.15, 0.2) is 47.1 Å². The van der Waals surface area contributed by atoms with Crippen molar-refractivity contribution >= 4 is 33.3 Å². The van der Waals surface area contributed by atoms with Crippen molar-refractivity contribution in [2.24, 2.45) is 0 Å². The molecule has 1 unspecified atom stereocenters. The normalized spacial score (nSPS) is 12.2. The van der Waals surface area contributed by atoms with E-state index < -0.39 is 0 Å². The van der Waals surface area contributed by atoms with Crippen LogP contribution in [-0.2, 0) is 6.42 Å². The lowest BCUT2D eigenvalue weighted by Gasteiger charge is -2.15. The zero-order valence-corrected chi connectivity index (χ0v) is 13.1. The Balaban J connectivity index is 1.89. The van der Waals surface area contributed by atoms with E-state index in [0.717, 1.165) is 23.1 Å². The summed E-state index contributed by atoms with van der Waals surface area (Å²) in [7, 11) is 0. The van der Waals surface area contributed by atoms with Gasteiger partial charge in [-0.25, -0.2) is 4.98 Å². The van der Waals surface area contributed by atoms with E-state index in [1.54, 1.807) is 6.20 Å². The van der Waals surface area contributed by atoms with Gasteiger partial charge in [0, 0.05) is 12.2 Å². The van der Waals surface area contributed by atoms with Crippen LogP contribution in [0.3, 0.4) is 0 Å². The summed E-state index contributed by atoms with van der Waals surface area (Å²) in [6.07, 6.45) is 3.76. The van der Waals surface area contributed by atoms with Gasteiger partial charge in [-0.3, -0.25) is 0 Å². The molecule has 0 fully saturated rings. The number of hydrogen-bond donors (Lipinski definition) is 1. The monoisotopic (exact) mass is 338 g/mol. The predicted octanol–water partition coefficient (Wildman–Crippen LogP) is 4.93. The van der Waals surface area contributed by atoms with Crippen LogP contribution in [0.4, 0.5) is 5.82 Å². The molecular weight excluding hydrogens is 324 g/mol. The summed E-state index contributed by atoms with van der Waals surface area (Å²) in [6.45, 7) is 2.16. The van der Waals surface area contributed by atoms with Crippen LogP contribution in [0.25, 0.3) is 0 Å². The first-order chi connectivity index (χ1) is 9.15. The number of nitrogens with zero attached hydrogens (tertiary/aromatic N) is 1. The van der Waals surface area contributed by atoms with E-state index in [-0.39, 0.29) is 0 Å². The average molecular weight is 340 g/mol. The van der Waals surface area contributed by atoms with E-state index in [4.69, 9.17) is 11.6 Å². The van der Waals surface area contributed by atoms with Gasteiger partial charge in [-0.2, -0.15) is 0 Å². The SMILES string of the molecule is CC(CCc1ccccc1)Nc1ncc(Cl)cc1Br. The van der Waals surface area contributed by atoms with Gasteiger partial charge in [-0.1, -0.05) is 41.9 Å². The third-order valence-electron chi connectivity index (χ3n) is 2.90. The van der Waals surface area contributed by atoms with Gasteiger partial charge in [0.25, 0.3) is 0 Å². The summed E-state index contributed by atoms with van der Waals surface area (Å²) in [5.74, 6) is 0.838. The molecule has 1 atom stereocenters. The average Bonchev–Trinajstić information content (AvgIpc) is 2.41. The summed E-state index contributed by atoms with van der Waals surface area (Å²) in [6, 6.07) is 12.7. The molecule has 0 saturated carbocycles. The van der Waals surface area contributed by atoms with Crippen LogP contribution in [0.2, 0.25) is 5.02 Å². The number of aromatic nitrogens is 1. The molecule has 0 amide bonds. The number of nitrogens with one attached hydrogen (secondary N) is 1. The van der Waals surface area contributed by atoms with Gasteiger partial charge in [0.1, 0.15) is 5.82 Å². The van der Waals surface area contributed by atoms with Crippen molar-refractivity contribution in [1.29, 1.82) is 0 Å². The largest absolute Gasteiger partial charge is 0.367 e. The lowest BCUT2D eigenvalue weighted by Crippen LogP contribution is -2.17. The summed E-state index contributed by atoms with van der Waals surface area (Å²) in [4.78, 5) is 4.28. The van der Waals surface area contributed by atoms with Gasteiger partial charge in [-0.05, 0) is 47.3 Å². The van der Waals surface area contributed by atoms with E-state index in [0.29, 0.717) is 11.1 Å². The highest BCUT2D eigenvalue weighted by molar-refractivity contribution is 9.10. The molecule has 0 spiro atoms. The Kier molecular flexibility index (Phi) is 5.23. The second kappa shape index (κ2) is 6.92. The number of halogens is 2. The number of rotatable bonds is 5. The zero-order chi connectivity index (χ0) is 13.7. The van der Waals surface area contributed by atoms with Crippen molar-refractivity contribution in [1.82, 2.24) is 4.98 Å². The minimum atomic E-state index is 0.352. The van der Waals surface area contributed by atoms with Crippen molar-refractivity contribution in [3.63, 3.8) is 0 Å². The Morgan fingerprint density at radius 3 is 2.74 bits per heavy atom. The molecule has 0 saturated heterocycles. The van der Waals surface area contributed by atoms with E-state index in [2.05, 4.69) is 57.4 Å². The highest BCUT2D eigenvalue weighted by Gasteiger charge is 2.07. The second-order valence-electron chi connectivity index (χ2n) is 4.55. The topological polar surface area (TPSA) is 24.9 Å². The Morgan fingerprint density at radius 1 is 1.32 bits per heavy atom. The summed E-state index contributed by atoms with van der Waals surface area (Å²) >= 11 is 9.34. The molecule has 1 N–H and O–H groups in total. The maximum absolute atomic E-state index is 5.87. The molecule has 2 aromatic rings. The molecule has 2 nitrogen and oxygen atoms in total. The second-order valence-corrected chi connectivity index (χ2v) is 5.84. The molecule has 0 radical (unpaired) electrons. The minimum absolute atomic E-state index is 0.352. The summed E-state index contributed by atoms with van der Waals surface area (Å²) in [5, 5.41) is 4.02. The predicted molar refractivity (Wildman–Crippen MR) is 84.8 cm³/mol. The van der Waals surface area contributed by atoms with E-state index in [1.807, 2.05) is 12.1 Å². The van der Waals surface area contributed by atoms with Crippen molar-refractivity contribution in [2.45, 2.75) is 25.8 Å². The zero-order valence-electron chi connectivity index (χ0n) is 10.7. The molecule has 0 bridgehead atoms. The number of pyridine rings is 1. The molecule has 2 rings (SSSR count). The number of benzene rings is 1. The Morgan fingerprint density at radius 2 is 2.05 bits per heavy atom. The van der Waals surface area contributed by atoms with Crippen LogP contribution < -0.4 is 5.32 Å². The fourth-order valence-electron chi connectivity index (χ4n) is 1.85. The molecule has 100 valence electrons. The maximum Gasteiger partial charge on any atom is 0.140 e. The first kappa shape index (κ1) is 14.4. The van der Waals surface area contributed by atoms with E-state index >= 15 is 0 Å². The van der Waals surface area contributed by atoms with Crippen molar-refractivity contribution in [2.75, 3.05) is 5.32 Å². The van der Waals surface area contributed by atoms with Crippen LogP contribution in [0, 0.1) is 0 Å².